The molecule has 29 heavy (non-hydrogen) atoms. The molecule has 2 heterocycles. The SMILES string of the molecule is CCCn1c(SCC(=O)Nc2cccc(OC)c2)nnc1-c1csc(C(C)C)c1. The number of hydrogen-bond acceptors (Lipinski definition) is 6. The summed E-state index contributed by atoms with van der Waals surface area (Å²) in [5, 5.41) is 14.6. The van der Waals surface area contributed by atoms with Crippen molar-refractivity contribution in [1.29, 1.82) is 0 Å². The molecule has 3 aromatic rings. The Balaban J connectivity index is 1.70. The van der Waals surface area contributed by atoms with Crippen LogP contribution in [-0.4, -0.2) is 33.5 Å². The summed E-state index contributed by atoms with van der Waals surface area (Å²) in [6.45, 7) is 7.32. The van der Waals surface area contributed by atoms with Crippen molar-refractivity contribution in [2.75, 3.05) is 18.2 Å². The van der Waals surface area contributed by atoms with E-state index in [0.717, 1.165) is 29.5 Å². The van der Waals surface area contributed by atoms with Gasteiger partial charge in [-0.3, -0.25) is 4.79 Å². The van der Waals surface area contributed by atoms with Crippen LogP contribution in [0, 0.1) is 0 Å². The van der Waals surface area contributed by atoms with Gasteiger partial charge in [0.25, 0.3) is 0 Å². The van der Waals surface area contributed by atoms with Crippen molar-refractivity contribution in [2.45, 2.75) is 44.8 Å². The monoisotopic (exact) mass is 430 g/mol. The molecule has 154 valence electrons. The summed E-state index contributed by atoms with van der Waals surface area (Å²) in [4.78, 5) is 13.7. The Labute approximate surface area is 179 Å². The quantitative estimate of drug-likeness (QED) is 0.468. The number of thioether (sulfide) groups is 1. The van der Waals surface area contributed by atoms with Gasteiger partial charge in [-0.1, -0.05) is 38.6 Å². The molecule has 0 bridgehead atoms. The average molecular weight is 431 g/mol. The molecular formula is C21H26N4O2S2. The lowest BCUT2D eigenvalue weighted by Crippen LogP contribution is -2.14. The molecule has 8 heteroatoms. The van der Waals surface area contributed by atoms with Crippen LogP contribution in [0.25, 0.3) is 11.4 Å². The smallest absolute Gasteiger partial charge is 0.234 e. The number of methoxy groups -OCH3 is 1. The molecule has 0 spiro atoms. The van der Waals surface area contributed by atoms with Gasteiger partial charge >= 0.3 is 0 Å². The number of carbonyl (C=O) groups excluding carboxylic acids is 1. The van der Waals surface area contributed by atoms with E-state index in [1.807, 2.05) is 18.2 Å². The van der Waals surface area contributed by atoms with Gasteiger partial charge in [-0.25, -0.2) is 0 Å². The summed E-state index contributed by atoms with van der Waals surface area (Å²) < 4.78 is 7.30. The molecular weight excluding hydrogens is 404 g/mol. The number of thiophene rings is 1. The third-order valence-corrected chi connectivity index (χ3v) is 6.50. The van der Waals surface area contributed by atoms with Crippen molar-refractivity contribution in [3.05, 3.63) is 40.6 Å². The van der Waals surface area contributed by atoms with Crippen LogP contribution >= 0.6 is 23.1 Å². The van der Waals surface area contributed by atoms with E-state index < -0.39 is 0 Å². The Morgan fingerprint density at radius 3 is 2.83 bits per heavy atom. The van der Waals surface area contributed by atoms with Gasteiger partial charge in [-0.05, 0) is 30.5 Å². The van der Waals surface area contributed by atoms with E-state index in [9.17, 15) is 4.79 Å². The predicted molar refractivity (Wildman–Crippen MR) is 120 cm³/mol. The standard InChI is InChI=1S/C21H26N4O2S2/c1-5-9-25-20(15-10-18(14(2)3)28-12-15)23-24-21(25)29-13-19(26)22-16-7-6-8-17(11-16)27-4/h6-8,10-12,14H,5,9,13H2,1-4H3,(H,22,26). The molecule has 6 nitrogen and oxygen atoms in total. The molecule has 1 aromatic carbocycles. The van der Waals surface area contributed by atoms with Gasteiger partial charge in [-0.15, -0.1) is 21.5 Å². The average Bonchev–Trinajstić information content (AvgIpc) is 3.34. The van der Waals surface area contributed by atoms with Gasteiger partial charge in [-0.2, -0.15) is 0 Å². The molecule has 0 aliphatic heterocycles. The van der Waals surface area contributed by atoms with Crippen LogP contribution in [0.1, 0.15) is 38.0 Å². The number of nitrogens with zero attached hydrogens (tertiary/aromatic N) is 3. The molecule has 1 N–H and O–H groups in total. The summed E-state index contributed by atoms with van der Waals surface area (Å²) in [6, 6.07) is 9.51. The van der Waals surface area contributed by atoms with E-state index in [1.165, 1.54) is 16.6 Å². The highest BCUT2D eigenvalue weighted by atomic mass is 32.2. The van der Waals surface area contributed by atoms with Crippen LogP contribution in [0.15, 0.2) is 40.9 Å². The summed E-state index contributed by atoms with van der Waals surface area (Å²) >= 11 is 3.15. The molecule has 0 radical (unpaired) electrons. The molecule has 0 atom stereocenters. The number of hydrogen-bond donors (Lipinski definition) is 1. The second-order valence-electron chi connectivity index (χ2n) is 6.92. The van der Waals surface area contributed by atoms with Crippen molar-refractivity contribution in [1.82, 2.24) is 14.8 Å². The van der Waals surface area contributed by atoms with Crippen LogP contribution in [-0.2, 0) is 11.3 Å². The van der Waals surface area contributed by atoms with Crippen molar-refractivity contribution in [3.8, 4) is 17.1 Å². The predicted octanol–water partition coefficient (Wildman–Crippen LogP) is 5.28. The lowest BCUT2D eigenvalue weighted by atomic mass is 10.1. The Morgan fingerprint density at radius 2 is 2.14 bits per heavy atom. The van der Waals surface area contributed by atoms with Crippen molar-refractivity contribution in [3.63, 3.8) is 0 Å². The number of benzene rings is 1. The molecule has 0 unspecified atom stereocenters. The summed E-state index contributed by atoms with van der Waals surface area (Å²) in [7, 11) is 1.60. The fourth-order valence-electron chi connectivity index (χ4n) is 2.84. The Bertz CT molecular complexity index is 965. The second-order valence-corrected chi connectivity index (χ2v) is 8.80. The van der Waals surface area contributed by atoms with Crippen LogP contribution < -0.4 is 10.1 Å². The van der Waals surface area contributed by atoms with Gasteiger partial charge in [0.1, 0.15) is 5.75 Å². The van der Waals surface area contributed by atoms with Crippen LogP contribution in [0.5, 0.6) is 5.75 Å². The number of anilines is 1. The normalized spacial score (nSPS) is 11.1. The molecule has 0 aliphatic rings. The molecule has 0 saturated heterocycles. The van der Waals surface area contributed by atoms with E-state index in [-0.39, 0.29) is 11.7 Å². The van der Waals surface area contributed by atoms with Gasteiger partial charge in [0.15, 0.2) is 11.0 Å². The first-order valence-electron chi connectivity index (χ1n) is 9.60. The van der Waals surface area contributed by atoms with Gasteiger partial charge in [0.2, 0.25) is 5.91 Å². The zero-order valence-electron chi connectivity index (χ0n) is 17.1. The number of amides is 1. The molecule has 3 rings (SSSR count). The minimum absolute atomic E-state index is 0.0894. The Kier molecular flexibility index (Phi) is 7.33. The number of rotatable bonds is 9. The number of aromatic nitrogens is 3. The zero-order valence-corrected chi connectivity index (χ0v) is 18.8. The molecule has 1 amide bonds. The fourth-order valence-corrected chi connectivity index (χ4v) is 4.50. The van der Waals surface area contributed by atoms with E-state index in [4.69, 9.17) is 4.74 Å². The van der Waals surface area contributed by atoms with Crippen LogP contribution in [0.4, 0.5) is 5.69 Å². The largest absolute Gasteiger partial charge is 0.497 e. The van der Waals surface area contributed by atoms with Gasteiger partial charge < -0.3 is 14.6 Å². The fraction of sp³-hybridized carbons (Fsp3) is 0.381. The maximum atomic E-state index is 12.4. The van der Waals surface area contributed by atoms with E-state index in [0.29, 0.717) is 17.4 Å². The maximum absolute atomic E-state index is 12.4. The highest BCUT2D eigenvalue weighted by molar-refractivity contribution is 7.99. The lowest BCUT2D eigenvalue weighted by Gasteiger charge is -2.09. The number of carbonyl (C=O) groups is 1. The molecule has 2 aromatic heterocycles. The first kappa shape index (κ1) is 21.4. The van der Waals surface area contributed by atoms with E-state index >= 15 is 0 Å². The first-order chi connectivity index (χ1) is 14.0. The van der Waals surface area contributed by atoms with E-state index in [1.54, 1.807) is 24.5 Å². The third kappa shape index (κ3) is 5.39. The molecule has 0 fully saturated rings. The maximum Gasteiger partial charge on any atom is 0.234 e. The topological polar surface area (TPSA) is 69.0 Å². The third-order valence-electron chi connectivity index (χ3n) is 4.30. The van der Waals surface area contributed by atoms with Crippen LogP contribution in [0.2, 0.25) is 0 Å². The summed E-state index contributed by atoms with van der Waals surface area (Å²) in [6.07, 6.45) is 0.968. The summed E-state index contributed by atoms with van der Waals surface area (Å²) in [5.74, 6) is 2.24. The first-order valence-corrected chi connectivity index (χ1v) is 11.5. The minimum Gasteiger partial charge on any atom is -0.497 e. The van der Waals surface area contributed by atoms with Gasteiger partial charge in [0, 0.05) is 34.1 Å². The zero-order chi connectivity index (χ0) is 20.8. The Morgan fingerprint density at radius 1 is 1.31 bits per heavy atom. The summed E-state index contributed by atoms with van der Waals surface area (Å²) in [5.41, 5.74) is 1.80. The molecule has 0 aliphatic carbocycles. The Hall–Kier alpha value is -2.32. The molecule has 0 saturated carbocycles. The van der Waals surface area contributed by atoms with Gasteiger partial charge in [0.05, 0.1) is 12.9 Å². The second kappa shape index (κ2) is 9.93. The lowest BCUT2D eigenvalue weighted by molar-refractivity contribution is -0.113. The highest BCUT2D eigenvalue weighted by Gasteiger charge is 2.17. The number of nitrogens with one attached hydrogen (secondary N) is 1. The van der Waals surface area contributed by atoms with Crippen molar-refractivity contribution < 1.29 is 9.53 Å². The van der Waals surface area contributed by atoms with Crippen molar-refractivity contribution in [2.24, 2.45) is 0 Å². The number of ether oxygens (including phenoxy) is 1. The van der Waals surface area contributed by atoms with E-state index in [2.05, 4.69) is 52.3 Å². The highest BCUT2D eigenvalue weighted by Crippen LogP contribution is 2.31. The van der Waals surface area contributed by atoms with Crippen LogP contribution in [0.3, 0.4) is 0 Å². The van der Waals surface area contributed by atoms with Crippen molar-refractivity contribution >= 4 is 34.7 Å². The minimum atomic E-state index is -0.0894.